The van der Waals surface area contributed by atoms with Gasteiger partial charge in [0.1, 0.15) is 0 Å². The molecule has 0 spiro atoms. The largest absolute Gasteiger partial charge is 0.389 e. The minimum Gasteiger partial charge on any atom is -0.389 e. The van der Waals surface area contributed by atoms with Gasteiger partial charge in [-0.25, -0.2) is 13.1 Å². The molecule has 1 aromatic rings. The van der Waals surface area contributed by atoms with E-state index in [1.54, 1.807) is 0 Å². The first-order valence-electron chi connectivity index (χ1n) is 5.84. The van der Waals surface area contributed by atoms with Gasteiger partial charge < -0.3 is 9.84 Å². The topological polar surface area (TPSA) is 75.6 Å². The Morgan fingerprint density at radius 3 is 2.55 bits per heavy atom. The minimum atomic E-state index is -3.75. The Hall–Kier alpha value is -0.370. The highest BCUT2D eigenvalue weighted by atomic mass is 35.5. The number of nitrogens with one attached hydrogen (secondary N) is 1. The van der Waals surface area contributed by atoms with E-state index < -0.39 is 15.6 Å². The standard InChI is InChI=1S/C12H17Cl2NO4S/c1-12(16,5-6-19-2)8-15-20(17,18)9-3-4-10(13)11(14)7-9/h3-4,7,15-16H,5-6,8H2,1-2H3. The number of aliphatic hydroxyl groups is 1. The smallest absolute Gasteiger partial charge is 0.240 e. The van der Waals surface area contributed by atoms with Crippen LogP contribution in [-0.2, 0) is 14.8 Å². The van der Waals surface area contributed by atoms with Crippen molar-refractivity contribution in [1.82, 2.24) is 4.72 Å². The summed E-state index contributed by atoms with van der Waals surface area (Å²) in [6.45, 7) is 1.74. The molecule has 20 heavy (non-hydrogen) atoms. The van der Waals surface area contributed by atoms with E-state index in [1.165, 1.54) is 32.2 Å². The highest BCUT2D eigenvalue weighted by Gasteiger charge is 2.24. The minimum absolute atomic E-state index is 0.00515. The zero-order chi connectivity index (χ0) is 15.4. The average Bonchev–Trinajstić information content (AvgIpc) is 2.37. The Morgan fingerprint density at radius 1 is 1.35 bits per heavy atom. The summed E-state index contributed by atoms with van der Waals surface area (Å²) in [5.41, 5.74) is -1.20. The molecule has 5 nitrogen and oxygen atoms in total. The van der Waals surface area contributed by atoms with Crippen LogP contribution in [0.4, 0.5) is 0 Å². The van der Waals surface area contributed by atoms with Gasteiger partial charge in [-0.2, -0.15) is 0 Å². The molecule has 0 saturated carbocycles. The molecular weight excluding hydrogens is 325 g/mol. The molecule has 0 aliphatic heterocycles. The van der Waals surface area contributed by atoms with Crippen LogP contribution in [0, 0.1) is 0 Å². The fourth-order valence-electron chi connectivity index (χ4n) is 1.39. The third-order valence-corrected chi connectivity index (χ3v) is 4.83. The zero-order valence-electron chi connectivity index (χ0n) is 11.2. The van der Waals surface area contributed by atoms with E-state index in [0.29, 0.717) is 13.0 Å². The van der Waals surface area contributed by atoms with Crippen molar-refractivity contribution in [1.29, 1.82) is 0 Å². The fraction of sp³-hybridized carbons (Fsp3) is 0.500. The molecule has 0 amide bonds. The molecule has 1 atom stereocenters. The number of rotatable bonds is 7. The molecule has 1 unspecified atom stereocenters. The number of benzene rings is 1. The summed E-state index contributed by atoms with van der Waals surface area (Å²) in [4.78, 5) is -0.00515. The van der Waals surface area contributed by atoms with E-state index in [-0.39, 0.29) is 21.5 Å². The van der Waals surface area contributed by atoms with E-state index >= 15 is 0 Å². The Labute approximate surface area is 128 Å². The number of methoxy groups -OCH3 is 1. The van der Waals surface area contributed by atoms with Crippen LogP contribution in [-0.4, -0.2) is 39.4 Å². The molecule has 1 aromatic carbocycles. The molecule has 2 N–H and O–H groups in total. The van der Waals surface area contributed by atoms with Gasteiger partial charge in [-0.15, -0.1) is 0 Å². The van der Waals surface area contributed by atoms with Crippen molar-refractivity contribution in [3.63, 3.8) is 0 Å². The SMILES string of the molecule is COCCC(C)(O)CNS(=O)(=O)c1ccc(Cl)c(Cl)c1. The summed E-state index contributed by atoms with van der Waals surface area (Å²) in [5, 5.41) is 10.4. The van der Waals surface area contributed by atoms with Gasteiger partial charge in [0.25, 0.3) is 0 Å². The van der Waals surface area contributed by atoms with Crippen molar-refractivity contribution < 1.29 is 18.3 Å². The van der Waals surface area contributed by atoms with Crippen LogP contribution in [0.5, 0.6) is 0 Å². The first-order chi connectivity index (χ1) is 9.18. The Kier molecular flexibility index (Phi) is 6.25. The third-order valence-electron chi connectivity index (χ3n) is 2.69. The lowest BCUT2D eigenvalue weighted by Crippen LogP contribution is -2.41. The molecule has 0 aliphatic carbocycles. The van der Waals surface area contributed by atoms with Crippen molar-refractivity contribution in [2.24, 2.45) is 0 Å². The molecule has 0 radical (unpaired) electrons. The van der Waals surface area contributed by atoms with Crippen LogP contribution in [0.25, 0.3) is 0 Å². The number of halogens is 2. The van der Waals surface area contributed by atoms with E-state index in [9.17, 15) is 13.5 Å². The van der Waals surface area contributed by atoms with Crippen molar-refractivity contribution in [2.75, 3.05) is 20.3 Å². The Morgan fingerprint density at radius 2 is 2.00 bits per heavy atom. The third kappa shape index (κ3) is 5.20. The highest BCUT2D eigenvalue weighted by molar-refractivity contribution is 7.89. The molecule has 0 saturated heterocycles. The Balaban J connectivity index is 2.77. The van der Waals surface area contributed by atoms with Crippen molar-refractivity contribution >= 4 is 33.2 Å². The van der Waals surface area contributed by atoms with Gasteiger partial charge in [0.2, 0.25) is 10.0 Å². The summed E-state index contributed by atoms with van der Waals surface area (Å²) >= 11 is 11.5. The fourth-order valence-corrected chi connectivity index (χ4v) is 2.94. The second-order valence-electron chi connectivity index (χ2n) is 4.64. The summed E-state index contributed by atoms with van der Waals surface area (Å²) < 4.78 is 31.3. The van der Waals surface area contributed by atoms with Crippen LogP contribution in [0.15, 0.2) is 23.1 Å². The predicted molar refractivity (Wildman–Crippen MR) is 78.8 cm³/mol. The van der Waals surface area contributed by atoms with Gasteiger partial charge in [0.05, 0.1) is 20.5 Å². The number of ether oxygens (including phenoxy) is 1. The second kappa shape index (κ2) is 7.06. The van der Waals surface area contributed by atoms with Crippen molar-refractivity contribution in [2.45, 2.75) is 23.8 Å². The molecule has 0 aromatic heterocycles. The molecule has 1 rings (SSSR count). The highest BCUT2D eigenvalue weighted by Crippen LogP contribution is 2.24. The lowest BCUT2D eigenvalue weighted by molar-refractivity contribution is 0.0292. The second-order valence-corrected chi connectivity index (χ2v) is 7.22. The maximum Gasteiger partial charge on any atom is 0.240 e. The van der Waals surface area contributed by atoms with Gasteiger partial charge in [-0.05, 0) is 25.1 Å². The van der Waals surface area contributed by atoms with Crippen LogP contribution in [0.2, 0.25) is 10.0 Å². The van der Waals surface area contributed by atoms with Crippen molar-refractivity contribution in [3.8, 4) is 0 Å². The van der Waals surface area contributed by atoms with E-state index in [0.717, 1.165) is 0 Å². The van der Waals surface area contributed by atoms with Crippen LogP contribution in [0.3, 0.4) is 0 Å². The first kappa shape index (κ1) is 17.7. The van der Waals surface area contributed by atoms with Gasteiger partial charge in [0, 0.05) is 26.7 Å². The maximum atomic E-state index is 12.1. The predicted octanol–water partition coefficient (Wildman–Crippen LogP) is 2.06. The number of hydrogen-bond acceptors (Lipinski definition) is 4. The number of hydrogen-bond donors (Lipinski definition) is 2. The van der Waals surface area contributed by atoms with E-state index in [1.807, 2.05) is 0 Å². The average molecular weight is 342 g/mol. The van der Waals surface area contributed by atoms with E-state index in [2.05, 4.69) is 4.72 Å². The summed E-state index contributed by atoms with van der Waals surface area (Å²) in [7, 11) is -2.24. The van der Waals surface area contributed by atoms with Gasteiger partial charge in [-0.1, -0.05) is 23.2 Å². The van der Waals surface area contributed by atoms with Gasteiger partial charge >= 0.3 is 0 Å². The molecule has 0 aliphatic rings. The lowest BCUT2D eigenvalue weighted by Gasteiger charge is -2.23. The zero-order valence-corrected chi connectivity index (χ0v) is 13.5. The lowest BCUT2D eigenvalue weighted by atomic mass is 10.0. The van der Waals surface area contributed by atoms with Crippen LogP contribution in [0.1, 0.15) is 13.3 Å². The maximum absolute atomic E-state index is 12.1. The molecule has 0 fully saturated rings. The normalized spacial score (nSPS) is 15.1. The quantitative estimate of drug-likeness (QED) is 0.795. The van der Waals surface area contributed by atoms with E-state index in [4.69, 9.17) is 27.9 Å². The Bertz CT molecular complexity index is 561. The van der Waals surface area contributed by atoms with Gasteiger partial charge in [0.15, 0.2) is 0 Å². The van der Waals surface area contributed by atoms with Crippen LogP contribution >= 0.6 is 23.2 Å². The first-order valence-corrected chi connectivity index (χ1v) is 8.08. The van der Waals surface area contributed by atoms with Crippen molar-refractivity contribution in [3.05, 3.63) is 28.2 Å². The molecular formula is C12H17Cl2NO4S. The van der Waals surface area contributed by atoms with Crippen LogP contribution < -0.4 is 4.72 Å². The molecule has 8 heteroatoms. The number of sulfonamides is 1. The van der Waals surface area contributed by atoms with Gasteiger partial charge in [-0.3, -0.25) is 0 Å². The molecule has 0 heterocycles. The molecule has 0 bridgehead atoms. The monoisotopic (exact) mass is 341 g/mol. The summed E-state index contributed by atoms with van der Waals surface area (Å²) in [6.07, 6.45) is 0.313. The summed E-state index contributed by atoms with van der Waals surface area (Å²) in [6, 6.07) is 4.01. The molecule has 114 valence electrons. The summed E-state index contributed by atoms with van der Waals surface area (Å²) in [5.74, 6) is 0.